The quantitative estimate of drug-likeness (QED) is 0.467. The van der Waals surface area contributed by atoms with E-state index in [0.29, 0.717) is 6.04 Å². The Morgan fingerprint density at radius 3 is 2.42 bits per heavy atom. The molecule has 0 saturated carbocycles. The molecule has 174 valence electrons. The van der Waals surface area contributed by atoms with Crippen molar-refractivity contribution in [2.75, 3.05) is 42.9 Å². The summed E-state index contributed by atoms with van der Waals surface area (Å²) in [5, 5.41) is 3.73. The predicted octanol–water partition coefficient (Wildman–Crippen LogP) is 5.58. The van der Waals surface area contributed by atoms with Crippen LogP contribution in [0.2, 0.25) is 0 Å². The summed E-state index contributed by atoms with van der Waals surface area (Å²) in [4.78, 5) is 15.3. The normalized spacial score (nSPS) is 22.0. The average Bonchev–Trinajstić information content (AvgIpc) is 3.34. The number of likely N-dealkylation sites (tertiary alicyclic amines) is 1. The first kappa shape index (κ1) is 22.8. The summed E-state index contributed by atoms with van der Waals surface area (Å²) >= 11 is 0. The van der Waals surface area contributed by atoms with E-state index < -0.39 is 0 Å². The Morgan fingerprint density at radius 1 is 0.839 bits per heavy atom. The first-order valence-corrected chi connectivity index (χ1v) is 13.5. The van der Waals surface area contributed by atoms with Gasteiger partial charge in [0.05, 0.1) is 5.69 Å². The number of hydrogen-bond acceptors (Lipinski definition) is 5. The SMILES string of the molecule is CCCCCCCCCN1CCC(Nc2nc3c(c(N4CCCCCC4)n2)CCC3)C1. The minimum atomic E-state index is 0.501. The number of anilines is 2. The number of fused-ring (bicyclic) bond motifs is 1. The molecule has 0 aromatic carbocycles. The monoisotopic (exact) mass is 427 g/mol. The van der Waals surface area contributed by atoms with Crippen molar-refractivity contribution in [2.45, 2.75) is 109 Å². The second kappa shape index (κ2) is 12.0. The van der Waals surface area contributed by atoms with E-state index in [1.165, 1.54) is 127 Å². The second-order valence-corrected chi connectivity index (χ2v) is 10.1. The lowest BCUT2D eigenvalue weighted by atomic mass is 10.1. The Kier molecular flexibility index (Phi) is 8.86. The highest BCUT2D eigenvalue weighted by molar-refractivity contribution is 5.54. The molecule has 0 amide bonds. The van der Waals surface area contributed by atoms with E-state index in [1.807, 2.05) is 0 Å². The van der Waals surface area contributed by atoms with E-state index in [1.54, 1.807) is 0 Å². The van der Waals surface area contributed by atoms with Crippen LogP contribution >= 0.6 is 0 Å². The molecule has 2 fully saturated rings. The Morgan fingerprint density at radius 2 is 1.61 bits per heavy atom. The van der Waals surface area contributed by atoms with Crippen LogP contribution in [0.25, 0.3) is 0 Å². The standard InChI is InChI=1S/C26H45N5/c1-2-3-4-5-6-7-10-17-30-20-16-22(21-30)27-26-28-24-15-13-14-23(24)25(29-26)31-18-11-8-9-12-19-31/h22H,2-21H2,1H3,(H,27,28,29). The first-order valence-electron chi connectivity index (χ1n) is 13.5. The zero-order valence-electron chi connectivity index (χ0n) is 20.0. The number of unbranched alkanes of at least 4 members (excludes halogenated alkanes) is 6. The van der Waals surface area contributed by atoms with Gasteiger partial charge in [-0.3, -0.25) is 0 Å². The minimum absolute atomic E-state index is 0.501. The molecular weight excluding hydrogens is 382 g/mol. The van der Waals surface area contributed by atoms with Gasteiger partial charge >= 0.3 is 0 Å². The number of hydrogen-bond donors (Lipinski definition) is 1. The molecule has 1 unspecified atom stereocenters. The zero-order valence-corrected chi connectivity index (χ0v) is 20.0. The summed E-state index contributed by atoms with van der Waals surface area (Å²) < 4.78 is 0. The molecule has 5 heteroatoms. The maximum Gasteiger partial charge on any atom is 0.225 e. The molecule has 31 heavy (non-hydrogen) atoms. The molecular formula is C26H45N5. The Hall–Kier alpha value is -1.36. The highest BCUT2D eigenvalue weighted by Gasteiger charge is 2.26. The van der Waals surface area contributed by atoms with Gasteiger partial charge in [0.25, 0.3) is 0 Å². The molecule has 0 bridgehead atoms. The first-order chi connectivity index (χ1) is 15.3. The van der Waals surface area contributed by atoms with Crippen LogP contribution in [0.5, 0.6) is 0 Å². The molecule has 1 aromatic rings. The summed E-state index contributed by atoms with van der Waals surface area (Å²) in [6.45, 7) is 8.25. The molecule has 1 N–H and O–H groups in total. The highest BCUT2D eigenvalue weighted by atomic mass is 15.3. The van der Waals surface area contributed by atoms with Gasteiger partial charge in [0, 0.05) is 37.8 Å². The van der Waals surface area contributed by atoms with Crippen LogP contribution < -0.4 is 10.2 Å². The lowest BCUT2D eigenvalue weighted by Gasteiger charge is -2.25. The molecule has 1 aromatic heterocycles. The van der Waals surface area contributed by atoms with Crippen molar-refractivity contribution in [1.29, 1.82) is 0 Å². The van der Waals surface area contributed by atoms with Crippen molar-refractivity contribution >= 4 is 11.8 Å². The fourth-order valence-corrected chi connectivity index (χ4v) is 5.65. The third kappa shape index (κ3) is 6.57. The zero-order chi connectivity index (χ0) is 21.3. The highest BCUT2D eigenvalue weighted by Crippen LogP contribution is 2.31. The predicted molar refractivity (Wildman–Crippen MR) is 131 cm³/mol. The van der Waals surface area contributed by atoms with E-state index in [9.17, 15) is 0 Å². The number of rotatable bonds is 11. The summed E-state index contributed by atoms with van der Waals surface area (Å²) in [6, 6.07) is 0.501. The molecule has 0 radical (unpaired) electrons. The Bertz CT molecular complexity index is 668. The molecule has 0 spiro atoms. The molecule has 2 saturated heterocycles. The third-order valence-electron chi connectivity index (χ3n) is 7.50. The van der Waals surface area contributed by atoms with E-state index in [-0.39, 0.29) is 0 Å². The van der Waals surface area contributed by atoms with Gasteiger partial charge in [-0.15, -0.1) is 0 Å². The smallest absolute Gasteiger partial charge is 0.225 e. The molecule has 3 heterocycles. The lowest BCUT2D eigenvalue weighted by Crippen LogP contribution is -2.29. The Balaban J connectivity index is 1.27. The van der Waals surface area contributed by atoms with Crippen molar-refractivity contribution < 1.29 is 0 Å². The number of nitrogens with one attached hydrogen (secondary N) is 1. The van der Waals surface area contributed by atoms with E-state index >= 15 is 0 Å². The largest absolute Gasteiger partial charge is 0.356 e. The van der Waals surface area contributed by atoms with Crippen LogP contribution in [0.15, 0.2) is 0 Å². The van der Waals surface area contributed by atoms with Crippen LogP contribution in [-0.4, -0.2) is 53.6 Å². The van der Waals surface area contributed by atoms with Crippen LogP contribution in [0.4, 0.5) is 11.8 Å². The van der Waals surface area contributed by atoms with Crippen molar-refractivity contribution in [3.8, 4) is 0 Å². The topological polar surface area (TPSA) is 44.3 Å². The summed E-state index contributed by atoms with van der Waals surface area (Å²) in [5.41, 5.74) is 2.76. The lowest BCUT2D eigenvalue weighted by molar-refractivity contribution is 0.325. The van der Waals surface area contributed by atoms with Gasteiger partial charge in [0.2, 0.25) is 5.95 Å². The van der Waals surface area contributed by atoms with Crippen molar-refractivity contribution in [3.63, 3.8) is 0 Å². The van der Waals surface area contributed by atoms with Gasteiger partial charge in [0.15, 0.2) is 0 Å². The van der Waals surface area contributed by atoms with Crippen LogP contribution in [0, 0.1) is 0 Å². The van der Waals surface area contributed by atoms with E-state index in [4.69, 9.17) is 9.97 Å². The van der Waals surface area contributed by atoms with Gasteiger partial charge in [-0.2, -0.15) is 4.98 Å². The van der Waals surface area contributed by atoms with E-state index in [0.717, 1.165) is 25.3 Å². The molecule has 3 aliphatic rings. The van der Waals surface area contributed by atoms with Crippen LogP contribution in [0.1, 0.15) is 102 Å². The fourth-order valence-electron chi connectivity index (χ4n) is 5.65. The third-order valence-corrected chi connectivity index (χ3v) is 7.50. The number of aromatic nitrogens is 2. The number of nitrogens with zero attached hydrogens (tertiary/aromatic N) is 4. The van der Waals surface area contributed by atoms with Gasteiger partial charge in [-0.25, -0.2) is 4.98 Å². The van der Waals surface area contributed by atoms with Gasteiger partial charge in [-0.05, 0) is 51.5 Å². The van der Waals surface area contributed by atoms with Crippen molar-refractivity contribution in [1.82, 2.24) is 14.9 Å². The van der Waals surface area contributed by atoms with Crippen molar-refractivity contribution in [2.24, 2.45) is 0 Å². The molecule has 4 rings (SSSR count). The maximum absolute atomic E-state index is 5.09. The van der Waals surface area contributed by atoms with Gasteiger partial charge < -0.3 is 15.1 Å². The number of aryl methyl sites for hydroxylation is 1. The molecule has 1 atom stereocenters. The molecule has 5 nitrogen and oxygen atoms in total. The van der Waals surface area contributed by atoms with Gasteiger partial charge in [0.1, 0.15) is 5.82 Å². The van der Waals surface area contributed by atoms with Gasteiger partial charge in [-0.1, -0.05) is 58.3 Å². The molecule has 2 aliphatic heterocycles. The summed E-state index contributed by atoms with van der Waals surface area (Å²) in [7, 11) is 0. The molecule has 1 aliphatic carbocycles. The maximum atomic E-state index is 5.09. The minimum Gasteiger partial charge on any atom is -0.356 e. The Labute approximate surface area is 190 Å². The fraction of sp³-hybridized carbons (Fsp3) is 0.846. The van der Waals surface area contributed by atoms with Crippen LogP contribution in [0.3, 0.4) is 0 Å². The van der Waals surface area contributed by atoms with Crippen molar-refractivity contribution in [3.05, 3.63) is 11.3 Å². The average molecular weight is 428 g/mol. The second-order valence-electron chi connectivity index (χ2n) is 10.1. The van der Waals surface area contributed by atoms with E-state index in [2.05, 4.69) is 22.0 Å². The summed E-state index contributed by atoms with van der Waals surface area (Å²) in [5.74, 6) is 2.15. The summed E-state index contributed by atoms with van der Waals surface area (Å²) in [6.07, 6.45) is 19.8. The van der Waals surface area contributed by atoms with Crippen LogP contribution in [-0.2, 0) is 12.8 Å².